The third kappa shape index (κ3) is 5.90. The highest BCUT2D eigenvalue weighted by Gasteiger charge is 2.05. The maximum Gasteiger partial charge on any atom is 0.335 e. The van der Waals surface area contributed by atoms with Crippen LogP contribution in [0.5, 0.6) is 0 Å². The number of rotatable bonds is 8. The van der Waals surface area contributed by atoms with E-state index in [1.54, 1.807) is 24.3 Å². The van der Waals surface area contributed by atoms with Crippen LogP contribution < -0.4 is 9.88 Å². The zero-order valence-electron chi connectivity index (χ0n) is 12.9. The van der Waals surface area contributed by atoms with Crippen molar-refractivity contribution in [2.75, 3.05) is 0 Å². The number of benzene rings is 1. The summed E-state index contributed by atoms with van der Waals surface area (Å²) in [5, 5.41) is 11.7. The first kappa shape index (κ1) is 16.7. The molecule has 5 nitrogen and oxygen atoms in total. The van der Waals surface area contributed by atoms with Gasteiger partial charge < -0.3 is 10.4 Å². The Bertz CT molecular complexity index is 639. The van der Waals surface area contributed by atoms with Gasteiger partial charge in [0.05, 0.1) is 5.56 Å². The maximum absolute atomic E-state index is 11.8. The van der Waals surface area contributed by atoms with Gasteiger partial charge >= 0.3 is 5.97 Å². The second-order valence-electron chi connectivity index (χ2n) is 5.35. The van der Waals surface area contributed by atoms with Gasteiger partial charge in [0, 0.05) is 31.5 Å². The number of aromatic nitrogens is 1. The highest BCUT2D eigenvalue weighted by Crippen LogP contribution is 2.04. The summed E-state index contributed by atoms with van der Waals surface area (Å²) in [7, 11) is 0. The fourth-order valence-corrected chi connectivity index (χ4v) is 2.22. The molecule has 0 unspecified atom stereocenters. The Labute approximate surface area is 135 Å². The van der Waals surface area contributed by atoms with E-state index < -0.39 is 5.97 Å². The molecule has 0 radical (unpaired) electrons. The zero-order chi connectivity index (χ0) is 16.5. The SMILES string of the molecule is O=C(CCCC[n+]1ccccc1)NCc1ccc(C(=O)O)cc1. The molecule has 1 heterocycles. The highest BCUT2D eigenvalue weighted by molar-refractivity contribution is 5.87. The van der Waals surface area contributed by atoms with E-state index >= 15 is 0 Å². The minimum Gasteiger partial charge on any atom is -0.478 e. The number of pyridine rings is 1. The number of nitrogens with zero attached hydrogens (tertiary/aromatic N) is 1. The van der Waals surface area contributed by atoms with Gasteiger partial charge in [0.1, 0.15) is 6.54 Å². The molecule has 5 heteroatoms. The van der Waals surface area contributed by atoms with Crippen molar-refractivity contribution in [1.82, 2.24) is 5.32 Å². The van der Waals surface area contributed by atoms with Gasteiger partial charge in [-0.05, 0) is 24.1 Å². The number of amides is 1. The van der Waals surface area contributed by atoms with Crippen molar-refractivity contribution in [3.63, 3.8) is 0 Å². The van der Waals surface area contributed by atoms with Crippen LogP contribution in [0.4, 0.5) is 0 Å². The third-order valence-electron chi connectivity index (χ3n) is 3.54. The lowest BCUT2D eigenvalue weighted by Gasteiger charge is -2.05. The minimum atomic E-state index is -0.947. The Morgan fingerprint density at radius 1 is 1.00 bits per heavy atom. The summed E-state index contributed by atoms with van der Waals surface area (Å²) in [6.45, 7) is 1.33. The van der Waals surface area contributed by atoms with Crippen molar-refractivity contribution in [2.24, 2.45) is 0 Å². The topological polar surface area (TPSA) is 70.3 Å². The lowest BCUT2D eigenvalue weighted by atomic mass is 10.1. The van der Waals surface area contributed by atoms with Crippen molar-refractivity contribution >= 4 is 11.9 Å². The zero-order valence-corrected chi connectivity index (χ0v) is 12.9. The molecular weight excluding hydrogens is 292 g/mol. The fraction of sp³-hybridized carbons (Fsp3) is 0.278. The molecule has 0 aliphatic heterocycles. The van der Waals surface area contributed by atoms with Gasteiger partial charge in [-0.3, -0.25) is 4.79 Å². The quantitative estimate of drug-likeness (QED) is 0.579. The smallest absolute Gasteiger partial charge is 0.335 e. The van der Waals surface area contributed by atoms with Crippen molar-refractivity contribution in [2.45, 2.75) is 32.4 Å². The second-order valence-corrected chi connectivity index (χ2v) is 5.35. The number of carboxylic acid groups (broad SMARTS) is 1. The lowest BCUT2D eigenvalue weighted by molar-refractivity contribution is -0.697. The van der Waals surface area contributed by atoms with E-state index in [9.17, 15) is 9.59 Å². The molecule has 23 heavy (non-hydrogen) atoms. The number of carbonyl (C=O) groups excluding carboxylic acids is 1. The molecule has 2 rings (SSSR count). The molecule has 0 aliphatic rings. The van der Waals surface area contributed by atoms with Gasteiger partial charge in [0.2, 0.25) is 5.91 Å². The number of hydrogen-bond acceptors (Lipinski definition) is 2. The van der Waals surface area contributed by atoms with Crippen LogP contribution in [0.3, 0.4) is 0 Å². The van der Waals surface area contributed by atoms with E-state index in [0.29, 0.717) is 13.0 Å². The lowest BCUT2D eigenvalue weighted by Crippen LogP contribution is -2.32. The Hall–Kier alpha value is -2.69. The van der Waals surface area contributed by atoms with E-state index in [0.717, 1.165) is 24.9 Å². The molecular formula is C18H21N2O3+. The average Bonchev–Trinajstić information content (AvgIpc) is 2.58. The van der Waals surface area contributed by atoms with Crippen LogP contribution >= 0.6 is 0 Å². The van der Waals surface area contributed by atoms with E-state index in [-0.39, 0.29) is 11.5 Å². The number of carboxylic acids is 1. The van der Waals surface area contributed by atoms with Crippen molar-refractivity contribution in [1.29, 1.82) is 0 Å². The van der Waals surface area contributed by atoms with Crippen molar-refractivity contribution < 1.29 is 19.3 Å². The van der Waals surface area contributed by atoms with Gasteiger partial charge in [0.15, 0.2) is 12.4 Å². The van der Waals surface area contributed by atoms with Crippen LogP contribution in [0, 0.1) is 0 Å². The van der Waals surface area contributed by atoms with Gasteiger partial charge in [-0.1, -0.05) is 18.2 Å². The van der Waals surface area contributed by atoms with Crippen LogP contribution in [-0.2, 0) is 17.9 Å². The maximum atomic E-state index is 11.8. The summed E-state index contributed by atoms with van der Waals surface area (Å²) in [6, 6.07) is 12.5. The number of aryl methyl sites for hydroxylation is 1. The second kappa shape index (κ2) is 8.68. The summed E-state index contributed by atoms with van der Waals surface area (Å²) in [4.78, 5) is 22.5. The minimum absolute atomic E-state index is 0.0189. The molecule has 0 saturated carbocycles. The van der Waals surface area contributed by atoms with Crippen LogP contribution in [0.1, 0.15) is 35.2 Å². The van der Waals surface area contributed by atoms with E-state index in [4.69, 9.17) is 5.11 Å². The van der Waals surface area contributed by atoms with Gasteiger partial charge in [-0.2, -0.15) is 0 Å². The highest BCUT2D eigenvalue weighted by atomic mass is 16.4. The largest absolute Gasteiger partial charge is 0.478 e. The molecule has 0 atom stereocenters. The standard InChI is InChI=1S/C18H20N2O3/c21-17(6-2-5-13-20-11-3-1-4-12-20)19-14-15-7-9-16(10-8-15)18(22)23/h1,3-4,7-12H,2,5-6,13-14H2,(H-,19,21,22,23)/p+1. The summed E-state index contributed by atoms with van der Waals surface area (Å²) < 4.78 is 2.10. The van der Waals surface area contributed by atoms with Crippen LogP contribution in [0.25, 0.3) is 0 Å². The molecule has 0 aliphatic carbocycles. The molecule has 2 N–H and O–H groups in total. The van der Waals surface area contributed by atoms with Crippen LogP contribution in [0.2, 0.25) is 0 Å². The van der Waals surface area contributed by atoms with Gasteiger partial charge in [0.25, 0.3) is 0 Å². The van der Waals surface area contributed by atoms with Gasteiger partial charge in [-0.25, -0.2) is 9.36 Å². The molecule has 0 spiro atoms. The molecule has 0 fully saturated rings. The first-order valence-electron chi connectivity index (χ1n) is 7.68. The predicted molar refractivity (Wildman–Crippen MR) is 85.7 cm³/mol. The summed E-state index contributed by atoms with van der Waals surface area (Å²) in [5.41, 5.74) is 1.14. The van der Waals surface area contributed by atoms with Gasteiger partial charge in [-0.15, -0.1) is 0 Å². The van der Waals surface area contributed by atoms with E-state index in [2.05, 4.69) is 9.88 Å². The summed E-state index contributed by atoms with van der Waals surface area (Å²) in [5.74, 6) is -0.928. The molecule has 1 aromatic heterocycles. The number of nitrogens with one attached hydrogen (secondary N) is 1. The van der Waals surface area contributed by atoms with Crippen molar-refractivity contribution in [3.05, 3.63) is 66.0 Å². The first-order chi connectivity index (χ1) is 11.1. The Kier molecular flexibility index (Phi) is 6.29. The van der Waals surface area contributed by atoms with E-state index in [1.165, 1.54) is 0 Å². The molecule has 2 aromatic rings. The molecule has 0 saturated heterocycles. The molecule has 1 aromatic carbocycles. The fourth-order valence-electron chi connectivity index (χ4n) is 2.22. The third-order valence-corrected chi connectivity index (χ3v) is 3.54. The first-order valence-corrected chi connectivity index (χ1v) is 7.68. The normalized spacial score (nSPS) is 10.3. The summed E-state index contributed by atoms with van der Waals surface area (Å²) in [6.07, 6.45) is 6.32. The summed E-state index contributed by atoms with van der Waals surface area (Å²) >= 11 is 0. The number of hydrogen-bond donors (Lipinski definition) is 2. The van der Waals surface area contributed by atoms with Crippen molar-refractivity contribution in [3.8, 4) is 0 Å². The Morgan fingerprint density at radius 3 is 2.35 bits per heavy atom. The average molecular weight is 313 g/mol. The Balaban J connectivity index is 1.64. The molecule has 120 valence electrons. The number of carbonyl (C=O) groups is 2. The Morgan fingerprint density at radius 2 is 1.70 bits per heavy atom. The van der Waals surface area contributed by atoms with Crippen LogP contribution in [-0.4, -0.2) is 17.0 Å². The predicted octanol–water partition coefficient (Wildman–Crippen LogP) is 2.16. The molecule has 1 amide bonds. The van der Waals surface area contributed by atoms with E-state index in [1.807, 2.05) is 30.6 Å². The molecule has 0 bridgehead atoms. The van der Waals surface area contributed by atoms with Crippen LogP contribution in [0.15, 0.2) is 54.9 Å². The number of aromatic carboxylic acids is 1. The number of unbranched alkanes of at least 4 members (excludes halogenated alkanes) is 1. The monoisotopic (exact) mass is 313 g/mol.